The molecule has 0 aliphatic heterocycles. The van der Waals surface area contributed by atoms with Gasteiger partial charge in [0, 0.05) is 16.1 Å². The van der Waals surface area contributed by atoms with Crippen molar-refractivity contribution in [2.45, 2.75) is 6.92 Å². The van der Waals surface area contributed by atoms with E-state index >= 15 is 0 Å². The maximum atomic E-state index is 12.3. The van der Waals surface area contributed by atoms with Crippen LogP contribution in [0.1, 0.15) is 21.5 Å². The summed E-state index contributed by atoms with van der Waals surface area (Å²) in [6, 6.07) is 10.0. The number of hydrogen-bond donors (Lipinski definition) is 0. The van der Waals surface area contributed by atoms with Crippen LogP contribution in [0.15, 0.2) is 36.4 Å². The van der Waals surface area contributed by atoms with Gasteiger partial charge < -0.3 is 0 Å². The second kappa shape index (κ2) is 5.31. The average molecular weight is 300 g/mol. The average Bonchev–Trinajstić information content (AvgIpc) is 2.34. The number of carbonyl (C=O) groups excluding carboxylic acids is 1. The zero-order chi connectivity index (χ0) is 13.3. The van der Waals surface area contributed by atoms with E-state index in [1.165, 1.54) is 0 Å². The van der Waals surface area contributed by atoms with Crippen LogP contribution in [0, 0.1) is 6.92 Å². The van der Waals surface area contributed by atoms with Crippen molar-refractivity contribution in [2.24, 2.45) is 0 Å². The normalized spacial score (nSPS) is 10.4. The van der Waals surface area contributed by atoms with Crippen LogP contribution >= 0.6 is 34.8 Å². The Kier molecular flexibility index (Phi) is 3.96. The van der Waals surface area contributed by atoms with E-state index in [1.807, 2.05) is 6.92 Å². The molecule has 0 amide bonds. The summed E-state index contributed by atoms with van der Waals surface area (Å²) in [5, 5.41) is 1.42. The van der Waals surface area contributed by atoms with E-state index in [2.05, 4.69) is 0 Å². The molecule has 0 atom stereocenters. The van der Waals surface area contributed by atoms with Crippen molar-refractivity contribution in [1.82, 2.24) is 0 Å². The third-order valence-corrected chi connectivity index (χ3v) is 3.59. The molecule has 0 heterocycles. The summed E-state index contributed by atoms with van der Waals surface area (Å²) in [5.41, 5.74) is 1.91. The molecule has 0 N–H and O–H groups in total. The van der Waals surface area contributed by atoms with Gasteiger partial charge in [0.15, 0.2) is 5.78 Å². The summed E-state index contributed by atoms with van der Waals surface area (Å²) < 4.78 is 0. The molecule has 0 bridgehead atoms. The van der Waals surface area contributed by atoms with Crippen LogP contribution < -0.4 is 0 Å². The van der Waals surface area contributed by atoms with Crippen molar-refractivity contribution in [3.63, 3.8) is 0 Å². The maximum absolute atomic E-state index is 12.3. The fourth-order valence-electron chi connectivity index (χ4n) is 1.65. The van der Waals surface area contributed by atoms with E-state index in [1.54, 1.807) is 36.4 Å². The van der Waals surface area contributed by atoms with Gasteiger partial charge in [-0.25, -0.2) is 0 Å². The molecule has 2 aromatic carbocycles. The van der Waals surface area contributed by atoms with Crippen LogP contribution in [-0.4, -0.2) is 5.78 Å². The highest BCUT2D eigenvalue weighted by Gasteiger charge is 2.13. The molecule has 92 valence electrons. The zero-order valence-corrected chi connectivity index (χ0v) is 11.8. The maximum Gasteiger partial charge on any atom is 0.193 e. The molecular formula is C14H9Cl3O. The van der Waals surface area contributed by atoms with E-state index in [-0.39, 0.29) is 5.78 Å². The SMILES string of the molecule is Cc1cc(Cl)c(Cl)cc1C(=O)c1ccc(Cl)cc1. The molecule has 0 fully saturated rings. The van der Waals surface area contributed by atoms with Gasteiger partial charge in [0.05, 0.1) is 10.0 Å². The lowest BCUT2D eigenvalue weighted by Gasteiger charge is -2.07. The Morgan fingerprint density at radius 2 is 1.50 bits per heavy atom. The molecule has 0 unspecified atom stereocenters. The fraction of sp³-hybridized carbons (Fsp3) is 0.0714. The predicted octanol–water partition coefficient (Wildman–Crippen LogP) is 5.19. The van der Waals surface area contributed by atoms with Crippen molar-refractivity contribution in [2.75, 3.05) is 0 Å². The van der Waals surface area contributed by atoms with E-state index < -0.39 is 0 Å². The summed E-state index contributed by atoms with van der Waals surface area (Å²) in [6.45, 7) is 1.82. The van der Waals surface area contributed by atoms with Gasteiger partial charge in [0.1, 0.15) is 0 Å². The summed E-state index contributed by atoms with van der Waals surface area (Å²) in [6.07, 6.45) is 0. The zero-order valence-electron chi connectivity index (χ0n) is 9.51. The molecule has 0 aromatic heterocycles. The van der Waals surface area contributed by atoms with Crippen LogP contribution in [-0.2, 0) is 0 Å². The highest BCUT2D eigenvalue weighted by molar-refractivity contribution is 6.42. The topological polar surface area (TPSA) is 17.1 Å². The fourth-order valence-corrected chi connectivity index (χ4v) is 2.16. The Hall–Kier alpha value is -1.02. The molecule has 0 spiro atoms. The molecule has 0 saturated carbocycles. The van der Waals surface area contributed by atoms with Crippen molar-refractivity contribution in [3.8, 4) is 0 Å². The van der Waals surface area contributed by atoms with Crippen LogP contribution in [0.3, 0.4) is 0 Å². The smallest absolute Gasteiger partial charge is 0.193 e. The van der Waals surface area contributed by atoms with Crippen molar-refractivity contribution < 1.29 is 4.79 Å². The van der Waals surface area contributed by atoms with E-state index in [0.717, 1.165) is 5.56 Å². The minimum atomic E-state index is -0.0947. The van der Waals surface area contributed by atoms with Gasteiger partial charge in [-0.05, 0) is 48.9 Å². The van der Waals surface area contributed by atoms with Crippen LogP contribution in [0.2, 0.25) is 15.1 Å². The number of benzene rings is 2. The lowest BCUT2D eigenvalue weighted by atomic mass is 9.99. The largest absolute Gasteiger partial charge is 0.289 e. The van der Waals surface area contributed by atoms with Gasteiger partial charge in [-0.1, -0.05) is 34.8 Å². The first-order valence-corrected chi connectivity index (χ1v) is 6.38. The van der Waals surface area contributed by atoms with Crippen LogP contribution in [0.4, 0.5) is 0 Å². The van der Waals surface area contributed by atoms with Gasteiger partial charge in [0.25, 0.3) is 0 Å². The van der Waals surface area contributed by atoms with Crippen molar-refractivity contribution >= 4 is 40.6 Å². The molecular weight excluding hydrogens is 291 g/mol. The number of carbonyl (C=O) groups is 1. The third-order valence-electron chi connectivity index (χ3n) is 2.62. The van der Waals surface area contributed by atoms with Gasteiger partial charge in [0.2, 0.25) is 0 Å². The Bertz CT molecular complexity index is 603. The predicted molar refractivity (Wildman–Crippen MR) is 76.1 cm³/mol. The summed E-state index contributed by atoms with van der Waals surface area (Å²) >= 11 is 17.6. The van der Waals surface area contributed by atoms with Crippen molar-refractivity contribution in [3.05, 3.63) is 68.2 Å². The van der Waals surface area contributed by atoms with Gasteiger partial charge in [-0.15, -0.1) is 0 Å². The van der Waals surface area contributed by atoms with E-state index in [0.29, 0.717) is 26.2 Å². The molecule has 0 aliphatic carbocycles. The number of hydrogen-bond acceptors (Lipinski definition) is 1. The minimum absolute atomic E-state index is 0.0947. The van der Waals surface area contributed by atoms with Crippen molar-refractivity contribution in [1.29, 1.82) is 0 Å². The summed E-state index contributed by atoms with van der Waals surface area (Å²) in [7, 11) is 0. The lowest BCUT2D eigenvalue weighted by molar-refractivity contribution is 0.103. The van der Waals surface area contributed by atoms with E-state index in [4.69, 9.17) is 34.8 Å². The van der Waals surface area contributed by atoms with Gasteiger partial charge in [-0.2, -0.15) is 0 Å². The number of rotatable bonds is 2. The molecule has 18 heavy (non-hydrogen) atoms. The second-order valence-electron chi connectivity index (χ2n) is 3.92. The highest BCUT2D eigenvalue weighted by atomic mass is 35.5. The lowest BCUT2D eigenvalue weighted by Crippen LogP contribution is -2.03. The number of aryl methyl sites for hydroxylation is 1. The summed E-state index contributed by atoms with van der Waals surface area (Å²) in [4.78, 5) is 12.3. The molecule has 0 radical (unpaired) electrons. The summed E-state index contributed by atoms with van der Waals surface area (Å²) in [5.74, 6) is -0.0947. The van der Waals surface area contributed by atoms with Crippen LogP contribution in [0.25, 0.3) is 0 Å². The molecule has 2 aromatic rings. The Morgan fingerprint density at radius 3 is 2.11 bits per heavy atom. The minimum Gasteiger partial charge on any atom is -0.289 e. The Morgan fingerprint density at radius 1 is 0.944 bits per heavy atom. The number of ketones is 1. The molecule has 0 aliphatic rings. The number of halogens is 3. The molecule has 2 rings (SSSR count). The highest BCUT2D eigenvalue weighted by Crippen LogP contribution is 2.27. The quantitative estimate of drug-likeness (QED) is 0.698. The Balaban J connectivity index is 2.46. The van der Waals surface area contributed by atoms with Gasteiger partial charge in [-0.3, -0.25) is 4.79 Å². The van der Waals surface area contributed by atoms with Gasteiger partial charge >= 0.3 is 0 Å². The second-order valence-corrected chi connectivity index (χ2v) is 5.17. The molecule has 1 nitrogen and oxygen atoms in total. The van der Waals surface area contributed by atoms with E-state index in [9.17, 15) is 4.79 Å². The molecule has 4 heteroatoms. The first-order valence-electron chi connectivity index (χ1n) is 5.25. The van der Waals surface area contributed by atoms with Crippen LogP contribution in [0.5, 0.6) is 0 Å². The first-order chi connectivity index (χ1) is 8.49. The molecule has 0 saturated heterocycles. The Labute approximate surface area is 120 Å². The monoisotopic (exact) mass is 298 g/mol. The standard InChI is InChI=1S/C14H9Cl3O/c1-8-6-12(16)13(17)7-11(8)14(18)9-2-4-10(15)5-3-9/h2-7H,1H3. The first kappa shape index (κ1) is 13.4. The third kappa shape index (κ3) is 2.69.